The Morgan fingerprint density at radius 1 is 1.33 bits per heavy atom. The van der Waals surface area contributed by atoms with Gasteiger partial charge in [-0.3, -0.25) is 0 Å². The highest BCUT2D eigenvalue weighted by Gasteiger charge is 2.07. The van der Waals surface area contributed by atoms with Gasteiger partial charge in [0.05, 0.1) is 0 Å². The van der Waals surface area contributed by atoms with E-state index in [1.807, 2.05) is 45.9 Å². The van der Waals surface area contributed by atoms with Gasteiger partial charge in [0.2, 0.25) is 0 Å². The molecular weight excluding hydrogens is 228 g/mol. The van der Waals surface area contributed by atoms with Crippen LogP contribution in [0.15, 0.2) is 29.8 Å². The van der Waals surface area contributed by atoms with Crippen molar-refractivity contribution in [2.24, 2.45) is 5.92 Å². The first-order valence-electron chi connectivity index (χ1n) is 6.03. The van der Waals surface area contributed by atoms with Crippen LogP contribution in [-0.4, -0.2) is 17.7 Å². The Labute approximate surface area is 108 Å². The summed E-state index contributed by atoms with van der Waals surface area (Å²) in [4.78, 5) is 10.7. The number of carboxylic acid groups (broad SMARTS) is 1. The molecule has 0 aliphatic heterocycles. The molecule has 0 aromatic heterocycles. The summed E-state index contributed by atoms with van der Waals surface area (Å²) in [6, 6.07) is 5.87. The van der Waals surface area contributed by atoms with Gasteiger partial charge in [-0.1, -0.05) is 19.9 Å². The minimum absolute atomic E-state index is 0.160. The second-order valence-electron chi connectivity index (χ2n) is 4.75. The van der Waals surface area contributed by atoms with E-state index in [0.717, 1.165) is 11.3 Å². The van der Waals surface area contributed by atoms with Crippen molar-refractivity contribution < 1.29 is 14.6 Å². The molecule has 0 radical (unpaired) electrons. The van der Waals surface area contributed by atoms with E-state index in [1.165, 1.54) is 17.2 Å². The Kier molecular flexibility index (Phi) is 4.95. The second kappa shape index (κ2) is 6.24. The summed E-state index contributed by atoms with van der Waals surface area (Å²) in [5, 5.41) is 8.78. The third kappa shape index (κ3) is 4.24. The summed E-state index contributed by atoms with van der Waals surface area (Å²) in [7, 11) is 0. The fourth-order valence-electron chi connectivity index (χ4n) is 1.50. The van der Waals surface area contributed by atoms with E-state index in [4.69, 9.17) is 9.84 Å². The smallest absolute Gasteiger partial charge is 0.328 e. The number of hydrogen-bond donors (Lipinski definition) is 1. The predicted octanol–water partition coefficient (Wildman–Crippen LogP) is 3.35. The van der Waals surface area contributed by atoms with E-state index >= 15 is 0 Å². The molecule has 0 fully saturated rings. The summed E-state index contributed by atoms with van der Waals surface area (Å²) in [6.07, 6.45) is 1.23. The summed E-state index contributed by atoms with van der Waals surface area (Å²) in [5.74, 6) is 0.00470. The molecular formula is C15H20O3. The zero-order valence-corrected chi connectivity index (χ0v) is 11.4. The molecule has 3 heteroatoms. The van der Waals surface area contributed by atoms with Crippen LogP contribution < -0.4 is 4.74 Å². The molecule has 0 spiro atoms. The van der Waals surface area contributed by atoms with Gasteiger partial charge in [-0.2, -0.15) is 0 Å². The number of carbonyl (C=O) groups is 1. The van der Waals surface area contributed by atoms with Crippen molar-refractivity contribution in [3.63, 3.8) is 0 Å². The lowest BCUT2D eigenvalue weighted by Gasteiger charge is -2.13. The summed E-state index contributed by atoms with van der Waals surface area (Å²) in [5.41, 5.74) is 3.16. The fraction of sp³-hybridized carbons (Fsp3) is 0.400. The number of aryl methyl sites for hydroxylation is 2. The fourth-order valence-corrected chi connectivity index (χ4v) is 1.50. The number of aliphatic carboxylic acids is 1. The minimum atomic E-state index is -0.928. The molecule has 18 heavy (non-hydrogen) atoms. The maximum absolute atomic E-state index is 10.7. The summed E-state index contributed by atoms with van der Waals surface area (Å²) in [6.45, 7) is 8.30. The normalized spacial score (nSPS) is 11.7. The van der Waals surface area contributed by atoms with Crippen LogP contribution in [0.1, 0.15) is 25.0 Å². The Hall–Kier alpha value is -1.77. The van der Waals surface area contributed by atoms with Crippen molar-refractivity contribution >= 4 is 5.97 Å². The zero-order valence-electron chi connectivity index (χ0n) is 11.4. The molecule has 0 saturated carbocycles. The van der Waals surface area contributed by atoms with Crippen LogP contribution >= 0.6 is 0 Å². The van der Waals surface area contributed by atoms with Crippen LogP contribution in [0, 0.1) is 19.8 Å². The number of carboxylic acids is 1. The van der Waals surface area contributed by atoms with Gasteiger partial charge in [0.1, 0.15) is 12.4 Å². The first-order valence-corrected chi connectivity index (χ1v) is 6.03. The third-order valence-electron chi connectivity index (χ3n) is 2.93. The highest BCUT2D eigenvalue weighted by atomic mass is 16.5. The van der Waals surface area contributed by atoms with Gasteiger partial charge in [0, 0.05) is 6.08 Å². The van der Waals surface area contributed by atoms with E-state index in [-0.39, 0.29) is 5.92 Å². The first-order chi connectivity index (χ1) is 8.40. The molecule has 1 aromatic carbocycles. The molecule has 3 nitrogen and oxygen atoms in total. The van der Waals surface area contributed by atoms with Crippen LogP contribution in [-0.2, 0) is 4.79 Å². The van der Waals surface area contributed by atoms with E-state index in [0.29, 0.717) is 6.61 Å². The van der Waals surface area contributed by atoms with Crippen LogP contribution in [0.5, 0.6) is 5.75 Å². The Morgan fingerprint density at radius 3 is 2.50 bits per heavy atom. The second-order valence-corrected chi connectivity index (χ2v) is 4.75. The standard InChI is InChI=1S/C15H20O3/c1-10(2)13(8-15(16)17)9-18-14-6-5-11(3)12(4)7-14/h5-8,10H,9H2,1-4H3,(H,16,17)/b13-8-. The number of benzene rings is 1. The van der Waals surface area contributed by atoms with Crippen LogP contribution in [0.4, 0.5) is 0 Å². The average molecular weight is 248 g/mol. The lowest BCUT2D eigenvalue weighted by Crippen LogP contribution is -2.09. The maximum atomic E-state index is 10.7. The van der Waals surface area contributed by atoms with E-state index < -0.39 is 5.97 Å². The predicted molar refractivity (Wildman–Crippen MR) is 72.0 cm³/mol. The third-order valence-corrected chi connectivity index (χ3v) is 2.93. The van der Waals surface area contributed by atoms with Crippen molar-refractivity contribution in [1.29, 1.82) is 0 Å². The van der Waals surface area contributed by atoms with Gasteiger partial charge in [-0.15, -0.1) is 0 Å². The van der Waals surface area contributed by atoms with Crippen molar-refractivity contribution in [3.05, 3.63) is 41.0 Å². The molecule has 0 saturated heterocycles. The number of rotatable bonds is 5. The van der Waals surface area contributed by atoms with Gasteiger partial charge in [0.25, 0.3) is 0 Å². The van der Waals surface area contributed by atoms with Crippen molar-refractivity contribution in [1.82, 2.24) is 0 Å². The molecule has 1 N–H and O–H groups in total. The topological polar surface area (TPSA) is 46.5 Å². The lowest BCUT2D eigenvalue weighted by molar-refractivity contribution is -0.131. The van der Waals surface area contributed by atoms with Crippen LogP contribution in [0.3, 0.4) is 0 Å². The van der Waals surface area contributed by atoms with Crippen molar-refractivity contribution in [2.75, 3.05) is 6.61 Å². The van der Waals surface area contributed by atoms with Crippen LogP contribution in [0.2, 0.25) is 0 Å². The van der Waals surface area contributed by atoms with E-state index in [9.17, 15) is 4.79 Å². The molecule has 0 aliphatic rings. The molecule has 0 aliphatic carbocycles. The van der Waals surface area contributed by atoms with E-state index in [2.05, 4.69) is 0 Å². The molecule has 1 rings (SSSR count). The Balaban J connectivity index is 2.73. The zero-order chi connectivity index (χ0) is 13.7. The van der Waals surface area contributed by atoms with Gasteiger partial charge in [-0.25, -0.2) is 4.79 Å². The monoisotopic (exact) mass is 248 g/mol. The maximum Gasteiger partial charge on any atom is 0.328 e. The molecule has 0 heterocycles. The Bertz CT molecular complexity index is 459. The van der Waals surface area contributed by atoms with Crippen molar-refractivity contribution in [2.45, 2.75) is 27.7 Å². The molecule has 0 bridgehead atoms. The molecule has 98 valence electrons. The highest BCUT2D eigenvalue weighted by Crippen LogP contribution is 2.18. The van der Waals surface area contributed by atoms with Gasteiger partial charge < -0.3 is 9.84 Å². The quantitative estimate of drug-likeness (QED) is 0.813. The summed E-state index contributed by atoms with van der Waals surface area (Å²) >= 11 is 0. The molecule has 1 aromatic rings. The lowest BCUT2D eigenvalue weighted by atomic mass is 10.0. The highest BCUT2D eigenvalue weighted by molar-refractivity contribution is 5.80. The van der Waals surface area contributed by atoms with Crippen molar-refractivity contribution in [3.8, 4) is 5.75 Å². The van der Waals surface area contributed by atoms with E-state index in [1.54, 1.807) is 0 Å². The summed E-state index contributed by atoms with van der Waals surface area (Å²) < 4.78 is 5.63. The molecule has 0 amide bonds. The Morgan fingerprint density at radius 2 is 2.00 bits per heavy atom. The van der Waals surface area contributed by atoms with Gasteiger partial charge in [-0.05, 0) is 48.6 Å². The van der Waals surface area contributed by atoms with Gasteiger partial charge in [0.15, 0.2) is 0 Å². The SMILES string of the molecule is Cc1ccc(OC/C(=C/C(=O)O)C(C)C)cc1C. The number of ether oxygens (including phenoxy) is 1. The molecule has 0 unspecified atom stereocenters. The minimum Gasteiger partial charge on any atom is -0.489 e. The molecule has 0 atom stereocenters. The van der Waals surface area contributed by atoms with Gasteiger partial charge >= 0.3 is 5.97 Å². The largest absolute Gasteiger partial charge is 0.489 e. The van der Waals surface area contributed by atoms with Crippen LogP contribution in [0.25, 0.3) is 0 Å². The number of hydrogen-bond acceptors (Lipinski definition) is 2. The average Bonchev–Trinajstić information content (AvgIpc) is 2.28. The first kappa shape index (κ1) is 14.3.